The van der Waals surface area contributed by atoms with Crippen LogP contribution in [0.5, 0.6) is 0 Å². The highest BCUT2D eigenvalue weighted by molar-refractivity contribution is 6.03. The van der Waals surface area contributed by atoms with Gasteiger partial charge in [-0.15, -0.1) is 0 Å². The maximum Gasteiger partial charge on any atom is 0.331 e. The van der Waals surface area contributed by atoms with Crippen molar-refractivity contribution in [2.45, 2.75) is 27.7 Å². The van der Waals surface area contributed by atoms with E-state index in [1.165, 1.54) is 11.6 Å². The number of nitrogens with zero attached hydrogens (tertiary/aromatic N) is 1. The average molecular weight is 245 g/mol. The molecule has 1 rings (SSSR count). The van der Waals surface area contributed by atoms with E-state index >= 15 is 0 Å². The van der Waals surface area contributed by atoms with Crippen LogP contribution in [0.1, 0.15) is 26.3 Å². The summed E-state index contributed by atoms with van der Waals surface area (Å²) in [7, 11) is 0. The molecule has 0 aromatic heterocycles. The predicted octanol–water partition coefficient (Wildman–Crippen LogP) is 3.60. The van der Waals surface area contributed by atoms with Gasteiger partial charge in [0.15, 0.2) is 0 Å². The van der Waals surface area contributed by atoms with Crippen molar-refractivity contribution in [2.24, 2.45) is 4.99 Å². The van der Waals surface area contributed by atoms with E-state index in [0.717, 1.165) is 17.0 Å². The zero-order valence-corrected chi connectivity index (χ0v) is 11.4. The Kier molecular flexibility index (Phi) is 5.31. The molecule has 0 bridgehead atoms. The smallest absolute Gasteiger partial charge is 0.331 e. The highest BCUT2D eigenvalue weighted by Gasteiger charge is 2.01. The minimum absolute atomic E-state index is 0.326. The molecule has 96 valence electrons. The van der Waals surface area contributed by atoms with Gasteiger partial charge in [-0.3, -0.25) is 4.99 Å². The van der Waals surface area contributed by atoms with Crippen LogP contribution in [0.2, 0.25) is 0 Å². The number of benzene rings is 1. The molecule has 0 N–H and O–H groups in total. The molecule has 0 aliphatic heterocycles. The molecule has 0 amide bonds. The largest absolute Gasteiger partial charge is 0.463 e. The summed E-state index contributed by atoms with van der Waals surface area (Å²) in [6.07, 6.45) is 1.47. The van der Waals surface area contributed by atoms with Crippen molar-refractivity contribution < 1.29 is 9.53 Å². The van der Waals surface area contributed by atoms with E-state index < -0.39 is 0 Å². The van der Waals surface area contributed by atoms with Crippen LogP contribution < -0.4 is 0 Å². The zero-order valence-electron chi connectivity index (χ0n) is 11.4. The minimum Gasteiger partial charge on any atom is -0.463 e. The third-order valence-corrected chi connectivity index (χ3v) is 2.52. The lowest BCUT2D eigenvalue weighted by Gasteiger charge is -2.02. The second-order valence-electron chi connectivity index (χ2n) is 4.11. The molecule has 3 heteroatoms. The van der Waals surface area contributed by atoms with Gasteiger partial charge in [-0.2, -0.15) is 0 Å². The molecule has 0 unspecified atom stereocenters. The fourth-order valence-electron chi connectivity index (χ4n) is 1.37. The summed E-state index contributed by atoms with van der Waals surface area (Å²) in [6.45, 7) is 7.94. The number of hydrogen-bond donors (Lipinski definition) is 0. The van der Waals surface area contributed by atoms with E-state index in [-0.39, 0.29) is 5.97 Å². The fraction of sp³-hybridized carbons (Fsp3) is 0.333. The first-order chi connectivity index (χ1) is 8.52. The van der Waals surface area contributed by atoms with Crippen LogP contribution in [-0.2, 0) is 9.53 Å². The van der Waals surface area contributed by atoms with Crippen LogP contribution in [0.3, 0.4) is 0 Å². The van der Waals surface area contributed by atoms with E-state index in [1.807, 2.05) is 45.0 Å². The van der Waals surface area contributed by atoms with Crippen molar-refractivity contribution in [1.29, 1.82) is 0 Å². The van der Waals surface area contributed by atoms with Crippen LogP contribution in [-0.4, -0.2) is 18.3 Å². The standard InChI is InChI=1S/C15H19NO2/c1-5-18-15(17)10-12(3)13(4)16-14-8-6-11(2)7-9-14/h6-10H,5H2,1-4H3/b12-10+,16-13?. The first kappa shape index (κ1) is 14.2. The summed E-state index contributed by atoms with van der Waals surface area (Å²) in [5.74, 6) is -0.326. The molecule has 3 nitrogen and oxygen atoms in total. The topological polar surface area (TPSA) is 38.7 Å². The maximum atomic E-state index is 11.3. The third kappa shape index (κ3) is 4.53. The van der Waals surface area contributed by atoms with Gasteiger partial charge in [0.05, 0.1) is 12.3 Å². The summed E-state index contributed by atoms with van der Waals surface area (Å²) < 4.78 is 4.86. The van der Waals surface area contributed by atoms with Gasteiger partial charge in [0, 0.05) is 11.8 Å². The second-order valence-corrected chi connectivity index (χ2v) is 4.11. The van der Waals surface area contributed by atoms with E-state index in [1.54, 1.807) is 6.92 Å². The molecule has 1 aromatic rings. The summed E-state index contributed by atoms with van der Waals surface area (Å²) >= 11 is 0. The van der Waals surface area contributed by atoms with E-state index in [4.69, 9.17) is 4.74 Å². The lowest BCUT2D eigenvalue weighted by molar-refractivity contribution is -0.137. The van der Waals surface area contributed by atoms with Gasteiger partial charge in [-0.05, 0) is 45.4 Å². The van der Waals surface area contributed by atoms with Crippen LogP contribution in [0, 0.1) is 6.92 Å². The normalized spacial score (nSPS) is 12.4. The van der Waals surface area contributed by atoms with Crippen molar-refractivity contribution in [1.82, 2.24) is 0 Å². The summed E-state index contributed by atoms with van der Waals surface area (Å²) in [6, 6.07) is 7.93. The summed E-state index contributed by atoms with van der Waals surface area (Å²) in [5.41, 5.74) is 3.71. The monoisotopic (exact) mass is 245 g/mol. The van der Waals surface area contributed by atoms with E-state index in [0.29, 0.717) is 6.61 Å². The molecule has 0 heterocycles. The molecular weight excluding hydrogens is 226 g/mol. The number of hydrogen-bond acceptors (Lipinski definition) is 3. The van der Waals surface area contributed by atoms with E-state index in [9.17, 15) is 4.79 Å². The first-order valence-corrected chi connectivity index (χ1v) is 6.00. The molecule has 0 saturated carbocycles. The molecule has 0 saturated heterocycles. The molecule has 0 atom stereocenters. The van der Waals surface area contributed by atoms with Crippen molar-refractivity contribution in [3.05, 3.63) is 41.5 Å². The highest BCUT2D eigenvalue weighted by Crippen LogP contribution is 2.14. The molecule has 0 radical (unpaired) electrons. The highest BCUT2D eigenvalue weighted by atomic mass is 16.5. The summed E-state index contributed by atoms with van der Waals surface area (Å²) in [5, 5.41) is 0. The number of esters is 1. The van der Waals surface area contributed by atoms with Crippen molar-refractivity contribution in [2.75, 3.05) is 6.61 Å². The molecule has 0 fully saturated rings. The van der Waals surface area contributed by atoms with Crippen LogP contribution >= 0.6 is 0 Å². The van der Waals surface area contributed by atoms with E-state index in [2.05, 4.69) is 4.99 Å². The Morgan fingerprint density at radius 2 is 1.89 bits per heavy atom. The van der Waals surface area contributed by atoms with Gasteiger partial charge < -0.3 is 4.74 Å². The lowest BCUT2D eigenvalue weighted by atomic mass is 10.2. The molecule has 0 spiro atoms. The Labute approximate surface area is 108 Å². The van der Waals surface area contributed by atoms with Gasteiger partial charge in [-0.1, -0.05) is 17.7 Å². The molecule has 0 aliphatic rings. The van der Waals surface area contributed by atoms with Crippen molar-refractivity contribution >= 4 is 17.4 Å². The quantitative estimate of drug-likeness (QED) is 0.462. The minimum atomic E-state index is -0.326. The Hall–Kier alpha value is -1.90. The van der Waals surface area contributed by atoms with Gasteiger partial charge in [0.25, 0.3) is 0 Å². The predicted molar refractivity (Wildman–Crippen MR) is 74.3 cm³/mol. The van der Waals surface area contributed by atoms with Gasteiger partial charge in [-0.25, -0.2) is 4.79 Å². The number of aryl methyl sites for hydroxylation is 1. The van der Waals surface area contributed by atoms with Gasteiger partial charge >= 0.3 is 5.97 Å². The molecular formula is C15H19NO2. The second kappa shape index (κ2) is 6.74. The first-order valence-electron chi connectivity index (χ1n) is 6.00. The van der Waals surface area contributed by atoms with Crippen molar-refractivity contribution in [3.63, 3.8) is 0 Å². The number of carbonyl (C=O) groups excluding carboxylic acids is 1. The molecule has 0 aliphatic carbocycles. The molecule has 1 aromatic carbocycles. The fourth-order valence-corrected chi connectivity index (χ4v) is 1.37. The average Bonchev–Trinajstić information content (AvgIpc) is 2.32. The summed E-state index contributed by atoms with van der Waals surface area (Å²) in [4.78, 5) is 15.8. The number of allylic oxidation sites excluding steroid dienone is 1. The third-order valence-electron chi connectivity index (χ3n) is 2.52. The van der Waals surface area contributed by atoms with Crippen LogP contribution in [0.25, 0.3) is 0 Å². The van der Waals surface area contributed by atoms with Crippen molar-refractivity contribution in [3.8, 4) is 0 Å². The number of aliphatic imine (C=N–C) groups is 1. The number of rotatable bonds is 4. The zero-order chi connectivity index (χ0) is 13.5. The van der Waals surface area contributed by atoms with Gasteiger partial charge in [0.1, 0.15) is 0 Å². The maximum absolute atomic E-state index is 11.3. The number of ether oxygens (including phenoxy) is 1. The van der Waals surface area contributed by atoms with Gasteiger partial charge in [0.2, 0.25) is 0 Å². The van der Waals surface area contributed by atoms with Crippen LogP contribution in [0.4, 0.5) is 5.69 Å². The SMILES string of the molecule is CCOC(=O)/C=C(\C)C(C)=Nc1ccc(C)cc1. The Morgan fingerprint density at radius 3 is 2.44 bits per heavy atom. The Balaban J connectivity index is 2.82. The number of carbonyl (C=O) groups is 1. The van der Waals surface area contributed by atoms with Crippen LogP contribution in [0.15, 0.2) is 40.9 Å². The Bertz CT molecular complexity index is 470. The molecule has 18 heavy (non-hydrogen) atoms. The lowest BCUT2D eigenvalue weighted by Crippen LogP contribution is -2.03. The Morgan fingerprint density at radius 1 is 1.28 bits per heavy atom.